The molecule has 1 aliphatic rings. The number of ketones is 1. The minimum Gasteiger partial charge on any atom is -0.289 e. The molecule has 1 aliphatic carbocycles. The Morgan fingerprint density at radius 1 is 1.30 bits per heavy atom. The van der Waals surface area contributed by atoms with Crippen LogP contribution < -0.4 is 0 Å². The molecule has 4 heteroatoms. The highest BCUT2D eigenvalue weighted by molar-refractivity contribution is 5.86. The third kappa shape index (κ3) is 1.30. The molecule has 1 fully saturated rings. The van der Waals surface area contributed by atoms with Crippen molar-refractivity contribution in [1.82, 2.24) is 0 Å². The summed E-state index contributed by atoms with van der Waals surface area (Å²) in [4.78, 5) is 10.3. The first-order chi connectivity index (χ1) is 4.52. The summed E-state index contributed by atoms with van der Waals surface area (Å²) in [5, 5.41) is 0. The van der Waals surface area contributed by atoms with Crippen molar-refractivity contribution in [1.29, 1.82) is 0 Å². The van der Waals surface area contributed by atoms with Crippen molar-refractivity contribution in [2.45, 2.75) is 25.4 Å². The maximum atomic E-state index is 11.6. The van der Waals surface area contributed by atoms with Gasteiger partial charge in [-0.1, -0.05) is 6.42 Å². The molecule has 0 amide bonds. The van der Waals surface area contributed by atoms with Crippen LogP contribution in [0.4, 0.5) is 13.2 Å². The summed E-state index contributed by atoms with van der Waals surface area (Å²) in [6.07, 6.45) is -3.02. The number of Topliss-reactive ketones (excluding diaryl/α,β-unsaturated/α-hetero) is 1. The Balaban J connectivity index is 2.48. The van der Waals surface area contributed by atoms with Gasteiger partial charge in [-0.25, -0.2) is 0 Å². The SMILES string of the molecule is O=C(C1CCC1)C(F)(F)F. The average Bonchev–Trinajstić information content (AvgIpc) is 1.57. The zero-order chi connectivity index (χ0) is 7.78. The molecule has 0 aromatic rings. The molecule has 0 spiro atoms. The molecule has 0 radical (unpaired) electrons. The van der Waals surface area contributed by atoms with E-state index in [1.165, 1.54) is 0 Å². The number of hydrogen-bond acceptors (Lipinski definition) is 1. The van der Waals surface area contributed by atoms with Crippen LogP contribution in [-0.2, 0) is 4.79 Å². The largest absolute Gasteiger partial charge is 0.450 e. The Kier molecular flexibility index (Phi) is 1.70. The molecule has 1 nitrogen and oxygen atoms in total. The van der Waals surface area contributed by atoms with E-state index in [0.29, 0.717) is 12.8 Å². The Labute approximate surface area is 56.2 Å². The summed E-state index contributed by atoms with van der Waals surface area (Å²) < 4.78 is 34.7. The molecule has 0 unspecified atom stereocenters. The van der Waals surface area contributed by atoms with Gasteiger partial charge >= 0.3 is 6.18 Å². The highest BCUT2D eigenvalue weighted by Gasteiger charge is 2.44. The Hall–Kier alpha value is -0.540. The number of carbonyl (C=O) groups excluding carboxylic acids is 1. The molecule has 1 saturated carbocycles. The van der Waals surface area contributed by atoms with Gasteiger partial charge in [0.05, 0.1) is 0 Å². The quantitative estimate of drug-likeness (QED) is 0.561. The molecule has 10 heavy (non-hydrogen) atoms. The van der Waals surface area contributed by atoms with Gasteiger partial charge in [-0.2, -0.15) is 13.2 Å². The van der Waals surface area contributed by atoms with E-state index in [4.69, 9.17) is 0 Å². The van der Waals surface area contributed by atoms with Gasteiger partial charge in [-0.15, -0.1) is 0 Å². The normalized spacial score (nSPS) is 20.3. The first kappa shape index (κ1) is 7.57. The number of carbonyl (C=O) groups is 1. The second kappa shape index (κ2) is 2.25. The second-order valence-corrected chi connectivity index (χ2v) is 2.49. The lowest BCUT2D eigenvalue weighted by atomic mass is 9.82. The van der Waals surface area contributed by atoms with Gasteiger partial charge in [0, 0.05) is 5.92 Å². The maximum Gasteiger partial charge on any atom is 0.450 e. The molecule has 58 valence electrons. The van der Waals surface area contributed by atoms with E-state index in [0.717, 1.165) is 6.42 Å². The molecule has 0 aromatic heterocycles. The van der Waals surface area contributed by atoms with Crippen LogP contribution in [0.2, 0.25) is 0 Å². The van der Waals surface area contributed by atoms with E-state index >= 15 is 0 Å². The molecule has 1 rings (SSSR count). The monoisotopic (exact) mass is 152 g/mol. The highest BCUT2D eigenvalue weighted by Crippen LogP contribution is 2.33. The van der Waals surface area contributed by atoms with Crippen LogP contribution >= 0.6 is 0 Å². The van der Waals surface area contributed by atoms with Crippen LogP contribution in [0.3, 0.4) is 0 Å². The van der Waals surface area contributed by atoms with Gasteiger partial charge in [0.2, 0.25) is 5.78 Å². The number of halogens is 3. The molecular weight excluding hydrogens is 145 g/mol. The molecule has 0 bridgehead atoms. The van der Waals surface area contributed by atoms with Crippen LogP contribution in [0, 0.1) is 5.92 Å². The summed E-state index contributed by atoms with van der Waals surface area (Å²) in [6.45, 7) is 0. The fourth-order valence-corrected chi connectivity index (χ4v) is 0.902. The van der Waals surface area contributed by atoms with Crippen molar-refractivity contribution in [3.05, 3.63) is 0 Å². The van der Waals surface area contributed by atoms with Crippen molar-refractivity contribution in [3.8, 4) is 0 Å². The molecule has 0 saturated heterocycles. The lowest BCUT2D eigenvalue weighted by molar-refractivity contribution is -0.178. The summed E-state index contributed by atoms with van der Waals surface area (Å²) in [6, 6.07) is 0. The third-order valence-corrected chi connectivity index (χ3v) is 1.76. The smallest absolute Gasteiger partial charge is 0.289 e. The average molecular weight is 152 g/mol. The Morgan fingerprint density at radius 3 is 1.90 bits per heavy atom. The van der Waals surface area contributed by atoms with Gasteiger partial charge in [-0.05, 0) is 12.8 Å². The van der Waals surface area contributed by atoms with Crippen LogP contribution in [0.1, 0.15) is 19.3 Å². The summed E-state index contributed by atoms with van der Waals surface area (Å²) in [5.74, 6) is -2.27. The van der Waals surface area contributed by atoms with E-state index in [1.54, 1.807) is 0 Å². The van der Waals surface area contributed by atoms with Gasteiger partial charge in [0.1, 0.15) is 0 Å². The van der Waals surface area contributed by atoms with Gasteiger partial charge in [-0.3, -0.25) is 4.79 Å². The number of alkyl halides is 3. The molecule has 0 aromatic carbocycles. The summed E-state index contributed by atoms with van der Waals surface area (Å²) in [7, 11) is 0. The van der Waals surface area contributed by atoms with Crippen LogP contribution in [0.25, 0.3) is 0 Å². The van der Waals surface area contributed by atoms with Crippen molar-refractivity contribution in [3.63, 3.8) is 0 Å². The maximum absolute atomic E-state index is 11.6. The van der Waals surface area contributed by atoms with E-state index in [2.05, 4.69) is 0 Å². The second-order valence-electron chi connectivity index (χ2n) is 2.49. The molecule has 0 aliphatic heterocycles. The number of hydrogen-bond donors (Lipinski definition) is 0. The predicted octanol–water partition coefficient (Wildman–Crippen LogP) is 1.92. The molecule has 0 N–H and O–H groups in total. The Bertz CT molecular complexity index is 146. The molecular formula is C6H7F3O. The summed E-state index contributed by atoms with van der Waals surface area (Å²) >= 11 is 0. The fourth-order valence-electron chi connectivity index (χ4n) is 0.902. The van der Waals surface area contributed by atoms with Crippen LogP contribution in [0.15, 0.2) is 0 Å². The minimum absolute atomic E-state index is 0.415. The van der Waals surface area contributed by atoms with Crippen LogP contribution in [0.5, 0.6) is 0 Å². The molecule has 0 heterocycles. The topological polar surface area (TPSA) is 17.1 Å². The van der Waals surface area contributed by atoms with Crippen molar-refractivity contribution in [2.75, 3.05) is 0 Å². The van der Waals surface area contributed by atoms with E-state index < -0.39 is 17.9 Å². The van der Waals surface area contributed by atoms with Crippen molar-refractivity contribution in [2.24, 2.45) is 5.92 Å². The zero-order valence-corrected chi connectivity index (χ0v) is 5.24. The number of rotatable bonds is 1. The van der Waals surface area contributed by atoms with Gasteiger partial charge in [0.15, 0.2) is 0 Å². The third-order valence-electron chi connectivity index (χ3n) is 1.76. The van der Waals surface area contributed by atoms with E-state index in [9.17, 15) is 18.0 Å². The van der Waals surface area contributed by atoms with Crippen molar-refractivity contribution < 1.29 is 18.0 Å². The molecule has 0 atom stereocenters. The first-order valence-corrected chi connectivity index (χ1v) is 3.13. The zero-order valence-electron chi connectivity index (χ0n) is 5.24. The lowest BCUT2D eigenvalue weighted by Gasteiger charge is -2.24. The Morgan fingerprint density at radius 2 is 1.80 bits per heavy atom. The highest BCUT2D eigenvalue weighted by atomic mass is 19.4. The standard InChI is InChI=1S/C6H7F3O/c7-6(8,9)5(10)4-2-1-3-4/h4H,1-3H2. The predicted molar refractivity (Wildman–Crippen MR) is 28.4 cm³/mol. The van der Waals surface area contributed by atoms with E-state index in [-0.39, 0.29) is 0 Å². The lowest BCUT2D eigenvalue weighted by Crippen LogP contribution is -2.34. The van der Waals surface area contributed by atoms with Crippen LogP contribution in [-0.4, -0.2) is 12.0 Å². The van der Waals surface area contributed by atoms with Crippen molar-refractivity contribution >= 4 is 5.78 Å². The van der Waals surface area contributed by atoms with Gasteiger partial charge in [0.25, 0.3) is 0 Å². The minimum atomic E-state index is -4.61. The van der Waals surface area contributed by atoms with Gasteiger partial charge < -0.3 is 0 Å². The fraction of sp³-hybridized carbons (Fsp3) is 0.833. The van der Waals surface area contributed by atoms with E-state index in [1.807, 2.05) is 0 Å². The summed E-state index contributed by atoms with van der Waals surface area (Å²) in [5.41, 5.74) is 0. The first-order valence-electron chi connectivity index (χ1n) is 3.13.